The van der Waals surface area contributed by atoms with Gasteiger partial charge in [0.05, 0.1) is 13.9 Å². The fourth-order valence-electron chi connectivity index (χ4n) is 3.28. The van der Waals surface area contributed by atoms with E-state index < -0.39 is 29.4 Å². The van der Waals surface area contributed by atoms with Gasteiger partial charge in [0, 0.05) is 5.69 Å². The summed E-state index contributed by atoms with van der Waals surface area (Å²) in [6, 6.07) is 14.8. The van der Waals surface area contributed by atoms with E-state index in [2.05, 4.69) is 37.2 Å². The maximum absolute atomic E-state index is 13.4. The van der Waals surface area contributed by atoms with Crippen LogP contribution in [0.3, 0.4) is 0 Å². The van der Waals surface area contributed by atoms with Gasteiger partial charge < -0.3 is 10.1 Å². The van der Waals surface area contributed by atoms with Crippen LogP contribution in [-0.4, -0.2) is 28.5 Å². The highest BCUT2D eigenvalue weighted by Crippen LogP contribution is 2.38. The molecule has 184 valence electrons. The molecule has 1 fully saturated rings. The van der Waals surface area contributed by atoms with Crippen LogP contribution in [0.4, 0.5) is 19.3 Å². The predicted molar refractivity (Wildman–Crippen MR) is 140 cm³/mol. The van der Waals surface area contributed by atoms with Crippen LogP contribution >= 0.6 is 43.6 Å². The summed E-state index contributed by atoms with van der Waals surface area (Å²) in [5.74, 6) is -1.64. The van der Waals surface area contributed by atoms with Crippen LogP contribution in [0.15, 0.2) is 74.5 Å². The molecule has 0 spiro atoms. The van der Waals surface area contributed by atoms with E-state index in [9.17, 15) is 23.2 Å². The minimum absolute atomic E-state index is 0.144. The molecule has 0 unspecified atom stereocenters. The van der Waals surface area contributed by atoms with Crippen molar-refractivity contribution in [3.05, 3.63) is 97.3 Å². The average molecular weight is 638 g/mol. The van der Waals surface area contributed by atoms with Crippen molar-refractivity contribution in [2.24, 2.45) is 0 Å². The highest BCUT2D eigenvalue weighted by molar-refractivity contribution is 9.11. The lowest BCUT2D eigenvalue weighted by Crippen LogP contribution is -2.36. The molecule has 0 bridgehead atoms. The molecule has 6 nitrogen and oxygen atoms in total. The molecule has 1 heterocycles. The van der Waals surface area contributed by atoms with Crippen molar-refractivity contribution in [2.45, 2.75) is 6.61 Å². The van der Waals surface area contributed by atoms with E-state index >= 15 is 0 Å². The lowest BCUT2D eigenvalue weighted by molar-refractivity contribution is -0.127. The Morgan fingerprint density at radius 2 is 1.67 bits per heavy atom. The van der Waals surface area contributed by atoms with Gasteiger partial charge >= 0.3 is 0 Å². The summed E-state index contributed by atoms with van der Waals surface area (Å²) in [6.07, 6.45) is 1.53. The standard InChI is InChI=1S/C25H16Br2F2N2O4S/c26-19-8-15(9-20(27)23(19)35-13-14-3-1-4-16(28)7-14)10-21-24(33)31(25(34)36-21)12-22(32)30-18-6-2-5-17(29)11-18/h1-11H,12-13H2,(H,30,32)/b21-10+. The van der Waals surface area contributed by atoms with Crippen LogP contribution in [0.2, 0.25) is 0 Å². The van der Waals surface area contributed by atoms with Crippen molar-refractivity contribution in [1.82, 2.24) is 4.90 Å². The molecule has 3 aromatic carbocycles. The molecule has 0 radical (unpaired) electrons. The molecule has 1 saturated heterocycles. The minimum Gasteiger partial charge on any atom is -0.487 e. The molecule has 3 amide bonds. The van der Waals surface area contributed by atoms with E-state index in [0.29, 0.717) is 37.6 Å². The second-order valence-corrected chi connectivity index (χ2v) is 10.3. The Morgan fingerprint density at radius 1 is 1.00 bits per heavy atom. The zero-order valence-electron chi connectivity index (χ0n) is 18.3. The lowest BCUT2D eigenvalue weighted by atomic mass is 10.2. The Morgan fingerprint density at radius 3 is 2.33 bits per heavy atom. The van der Waals surface area contributed by atoms with Crippen molar-refractivity contribution in [1.29, 1.82) is 0 Å². The number of hydrogen-bond donors (Lipinski definition) is 1. The molecular weight excluding hydrogens is 622 g/mol. The van der Waals surface area contributed by atoms with Gasteiger partial charge in [0.25, 0.3) is 11.1 Å². The summed E-state index contributed by atoms with van der Waals surface area (Å²) in [5.41, 5.74) is 1.48. The Kier molecular flexibility index (Phi) is 8.22. The predicted octanol–water partition coefficient (Wildman–Crippen LogP) is 6.74. The maximum Gasteiger partial charge on any atom is 0.294 e. The second-order valence-electron chi connectivity index (χ2n) is 7.56. The summed E-state index contributed by atoms with van der Waals surface area (Å²) in [4.78, 5) is 38.4. The largest absolute Gasteiger partial charge is 0.487 e. The molecular formula is C25H16Br2F2N2O4S. The number of nitrogens with one attached hydrogen (secondary N) is 1. The number of benzene rings is 3. The molecule has 36 heavy (non-hydrogen) atoms. The Labute approximate surface area is 226 Å². The fourth-order valence-corrected chi connectivity index (χ4v) is 5.57. The number of imide groups is 1. The number of nitrogens with zero attached hydrogens (tertiary/aromatic N) is 1. The molecule has 0 atom stereocenters. The minimum atomic E-state index is -0.630. The van der Waals surface area contributed by atoms with E-state index in [-0.39, 0.29) is 23.0 Å². The van der Waals surface area contributed by atoms with Crippen molar-refractivity contribution >= 4 is 72.4 Å². The molecule has 4 rings (SSSR count). The van der Waals surface area contributed by atoms with Crippen molar-refractivity contribution < 1.29 is 27.9 Å². The quantitative estimate of drug-likeness (QED) is 0.290. The Hall–Kier alpha value is -3.02. The van der Waals surface area contributed by atoms with Crippen LogP contribution in [0.5, 0.6) is 5.75 Å². The van der Waals surface area contributed by atoms with Gasteiger partial charge in [-0.3, -0.25) is 19.3 Å². The van der Waals surface area contributed by atoms with Gasteiger partial charge in [0.2, 0.25) is 5.91 Å². The van der Waals surface area contributed by atoms with Crippen LogP contribution in [0.1, 0.15) is 11.1 Å². The summed E-state index contributed by atoms with van der Waals surface area (Å²) < 4.78 is 33.7. The summed E-state index contributed by atoms with van der Waals surface area (Å²) in [5, 5.41) is 1.87. The fraction of sp³-hybridized carbons (Fsp3) is 0.0800. The molecule has 1 aliphatic rings. The molecule has 0 aliphatic carbocycles. The van der Waals surface area contributed by atoms with Gasteiger partial charge in [-0.1, -0.05) is 18.2 Å². The first kappa shape index (κ1) is 26.1. The van der Waals surface area contributed by atoms with Crippen LogP contribution in [0.25, 0.3) is 6.08 Å². The number of ether oxygens (including phenoxy) is 1. The van der Waals surface area contributed by atoms with E-state index in [1.54, 1.807) is 24.3 Å². The number of carbonyl (C=O) groups excluding carboxylic acids is 3. The topological polar surface area (TPSA) is 75.7 Å². The number of hydrogen-bond acceptors (Lipinski definition) is 5. The third-order valence-corrected chi connectivity index (χ3v) is 6.96. The SMILES string of the molecule is O=C(CN1C(=O)S/C(=C/c2cc(Br)c(OCc3cccc(F)c3)c(Br)c2)C1=O)Nc1cccc(F)c1. The first-order valence-electron chi connectivity index (χ1n) is 10.4. The van der Waals surface area contributed by atoms with Gasteiger partial charge in [-0.15, -0.1) is 0 Å². The molecule has 0 saturated carbocycles. The summed E-state index contributed by atoms with van der Waals surface area (Å²) in [7, 11) is 0. The first-order valence-corrected chi connectivity index (χ1v) is 12.8. The highest BCUT2D eigenvalue weighted by Gasteiger charge is 2.36. The second kappa shape index (κ2) is 11.4. The van der Waals surface area contributed by atoms with E-state index in [0.717, 1.165) is 11.0 Å². The number of thioether (sulfide) groups is 1. The van der Waals surface area contributed by atoms with Gasteiger partial charge in [-0.25, -0.2) is 8.78 Å². The van der Waals surface area contributed by atoms with Gasteiger partial charge in [-0.05, 0) is 103 Å². The Bertz CT molecular complexity index is 1380. The van der Waals surface area contributed by atoms with Gasteiger partial charge in [0.1, 0.15) is 30.5 Å². The molecule has 0 aromatic heterocycles. The van der Waals surface area contributed by atoms with Crippen LogP contribution in [-0.2, 0) is 16.2 Å². The maximum atomic E-state index is 13.4. The molecule has 11 heteroatoms. The number of halogens is 4. The number of rotatable bonds is 7. The smallest absolute Gasteiger partial charge is 0.294 e. The zero-order chi connectivity index (χ0) is 25.8. The van der Waals surface area contributed by atoms with Crippen molar-refractivity contribution in [2.75, 3.05) is 11.9 Å². The highest BCUT2D eigenvalue weighted by atomic mass is 79.9. The summed E-state index contributed by atoms with van der Waals surface area (Å²) >= 11 is 7.59. The lowest BCUT2D eigenvalue weighted by Gasteiger charge is -2.13. The zero-order valence-corrected chi connectivity index (χ0v) is 22.3. The number of anilines is 1. The normalized spacial score (nSPS) is 14.4. The molecule has 3 aromatic rings. The average Bonchev–Trinajstić information content (AvgIpc) is 3.06. The number of carbonyl (C=O) groups is 3. The first-order chi connectivity index (χ1) is 17.2. The van der Waals surface area contributed by atoms with Crippen LogP contribution < -0.4 is 10.1 Å². The van der Waals surface area contributed by atoms with E-state index in [1.165, 1.54) is 36.4 Å². The Balaban J connectivity index is 1.44. The van der Waals surface area contributed by atoms with Gasteiger partial charge in [-0.2, -0.15) is 0 Å². The third kappa shape index (κ3) is 6.40. The van der Waals surface area contributed by atoms with E-state index in [4.69, 9.17) is 4.74 Å². The molecule has 1 aliphatic heterocycles. The monoisotopic (exact) mass is 636 g/mol. The molecule has 1 N–H and O–H groups in total. The summed E-state index contributed by atoms with van der Waals surface area (Å²) in [6.45, 7) is -0.357. The van der Waals surface area contributed by atoms with E-state index in [1.807, 2.05) is 0 Å². The van der Waals surface area contributed by atoms with Crippen molar-refractivity contribution in [3.63, 3.8) is 0 Å². The third-order valence-electron chi connectivity index (χ3n) is 4.87. The number of amides is 3. The van der Waals surface area contributed by atoms with Crippen molar-refractivity contribution in [3.8, 4) is 5.75 Å². The van der Waals surface area contributed by atoms with Crippen LogP contribution in [0, 0.1) is 11.6 Å². The van der Waals surface area contributed by atoms with Gasteiger partial charge in [0.15, 0.2) is 0 Å².